The predicted molar refractivity (Wildman–Crippen MR) is 49.7 cm³/mol. The van der Waals surface area contributed by atoms with Crippen molar-refractivity contribution in [1.82, 2.24) is 0 Å². The van der Waals surface area contributed by atoms with Gasteiger partial charge < -0.3 is 0 Å². The van der Waals surface area contributed by atoms with Crippen LogP contribution in [0.1, 0.15) is 21.7 Å². The summed E-state index contributed by atoms with van der Waals surface area (Å²) in [5, 5.41) is 1.99. The van der Waals surface area contributed by atoms with Crippen LogP contribution in [0.3, 0.4) is 0 Å². The Hall–Kier alpha value is -0.150. The first-order valence-corrected chi connectivity index (χ1v) is 5.33. The second kappa shape index (κ2) is 2.72. The highest BCUT2D eigenvalue weighted by molar-refractivity contribution is 9.10. The van der Waals surface area contributed by atoms with E-state index in [2.05, 4.69) is 15.9 Å². The van der Waals surface area contributed by atoms with E-state index in [1.807, 2.05) is 11.4 Å². The van der Waals surface area contributed by atoms with Crippen LogP contribution in [0.5, 0.6) is 0 Å². The highest BCUT2D eigenvalue weighted by Crippen LogP contribution is 2.29. The number of Topliss-reactive ketones (excluding diaryl/α,β-unsaturated/α-hetero) is 1. The Kier molecular flexibility index (Phi) is 1.85. The van der Waals surface area contributed by atoms with Gasteiger partial charge in [0, 0.05) is 10.4 Å². The van der Waals surface area contributed by atoms with E-state index < -0.39 is 0 Å². The molecule has 1 aliphatic rings. The second-order valence-corrected chi connectivity index (χ2v) is 4.73. The fraction of sp³-hybridized carbons (Fsp3) is 0.375. The number of fused-ring (bicyclic) bond motifs is 1. The number of aryl methyl sites for hydroxylation is 1. The molecular formula is C8H7BrOS. The van der Waals surface area contributed by atoms with Crippen LogP contribution < -0.4 is 0 Å². The molecule has 0 N–H and O–H groups in total. The van der Waals surface area contributed by atoms with Gasteiger partial charge in [-0.05, 0) is 24.3 Å². The average Bonchev–Trinajstić information content (AvgIpc) is 2.45. The molecule has 0 spiro atoms. The SMILES string of the molecule is O=C1c2ccsc2CC[C@@H]1Br. The number of ketones is 1. The van der Waals surface area contributed by atoms with Crippen molar-refractivity contribution in [2.75, 3.05) is 0 Å². The smallest absolute Gasteiger partial charge is 0.177 e. The van der Waals surface area contributed by atoms with Crippen molar-refractivity contribution in [2.45, 2.75) is 17.7 Å². The lowest BCUT2D eigenvalue weighted by molar-refractivity contribution is 0.0982. The normalized spacial score (nSPS) is 23.4. The van der Waals surface area contributed by atoms with Crippen LogP contribution in [0.25, 0.3) is 0 Å². The van der Waals surface area contributed by atoms with Gasteiger partial charge in [-0.3, -0.25) is 4.79 Å². The third-order valence-corrected chi connectivity index (χ3v) is 3.77. The van der Waals surface area contributed by atoms with Gasteiger partial charge in [-0.1, -0.05) is 15.9 Å². The Morgan fingerprint density at radius 3 is 3.27 bits per heavy atom. The Bertz CT molecular complexity index is 292. The van der Waals surface area contributed by atoms with Gasteiger partial charge in [-0.15, -0.1) is 11.3 Å². The first-order chi connectivity index (χ1) is 5.29. The summed E-state index contributed by atoms with van der Waals surface area (Å²) in [4.78, 5) is 12.8. The summed E-state index contributed by atoms with van der Waals surface area (Å²) in [6, 6.07) is 1.93. The van der Waals surface area contributed by atoms with Gasteiger partial charge in [0.05, 0.1) is 4.83 Å². The first-order valence-electron chi connectivity index (χ1n) is 3.53. The van der Waals surface area contributed by atoms with E-state index >= 15 is 0 Å². The van der Waals surface area contributed by atoms with E-state index in [9.17, 15) is 4.79 Å². The van der Waals surface area contributed by atoms with Crippen molar-refractivity contribution in [3.05, 3.63) is 21.9 Å². The van der Waals surface area contributed by atoms with E-state index in [1.165, 1.54) is 4.88 Å². The van der Waals surface area contributed by atoms with Gasteiger partial charge in [0.2, 0.25) is 0 Å². The van der Waals surface area contributed by atoms with Crippen molar-refractivity contribution in [3.8, 4) is 0 Å². The molecule has 0 saturated carbocycles. The third kappa shape index (κ3) is 1.16. The molecule has 0 bridgehead atoms. The number of rotatable bonds is 0. The van der Waals surface area contributed by atoms with E-state index in [-0.39, 0.29) is 10.6 Å². The first kappa shape index (κ1) is 7.50. The minimum Gasteiger partial charge on any atom is -0.293 e. The van der Waals surface area contributed by atoms with Gasteiger partial charge in [0.1, 0.15) is 0 Å². The van der Waals surface area contributed by atoms with Gasteiger partial charge in [-0.2, -0.15) is 0 Å². The van der Waals surface area contributed by atoms with Gasteiger partial charge in [0.15, 0.2) is 5.78 Å². The standard InChI is InChI=1S/C8H7BrOS/c9-6-1-2-7-5(8(6)10)3-4-11-7/h3-4,6H,1-2H2/t6-/m0/s1. The van der Waals surface area contributed by atoms with Crippen molar-refractivity contribution < 1.29 is 4.79 Å². The zero-order chi connectivity index (χ0) is 7.84. The molecule has 1 atom stereocenters. The largest absolute Gasteiger partial charge is 0.293 e. The van der Waals surface area contributed by atoms with Gasteiger partial charge in [0.25, 0.3) is 0 Å². The summed E-state index contributed by atoms with van der Waals surface area (Å²) >= 11 is 5.05. The minimum absolute atomic E-state index is 0.0598. The molecule has 2 rings (SSSR count). The zero-order valence-electron chi connectivity index (χ0n) is 5.84. The third-order valence-electron chi connectivity index (χ3n) is 1.92. The zero-order valence-corrected chi connectivity index (χ0v) is 8.24. The molecule has 0 amide bonds. The quantitative estimate of drug-likeness (QED) is 0.627. The summed E-state index contributed by atoms with van der Waals surface area (Å²) in [5.74, 6) is 0.257. The van der Waals surface area contributed by atoms with Gasteiger partial charge >= 0.3 is 0 Å². The Labute approximate surface area is 77.6 Å². The summed E-state index contributed by atoms with van der Waals surface area (Å²) in [6.45, 7) is 0. The maximum atomic E-state index is 11.4. The molecule has 58 valence electrons. The molecule has 1 nitrogen and oxygen atoms in total. The summed E-state index contributed by atoms with van der Waals surface area (Å²) in [7, 11) is 0. The van der Waals surface area contributed by atoms with E-state index in [0.717, 1.165) is 18.4 Å². The number of carbonyl (C=O) groups is 1. The molecule has 1 aromatic heterocycles. The molecule has 0 aliphatic heterocycles. The number of carbonyl (C=O) groups excluding carboxylic acids is 1. The highest BCUT2D eigenvalue weighted by atomic mass is 79.9. The maximum Gasteiger partial charge on any atom is 0.177 e. The number of hydrogen-bond donors (Lipinski definition) is 0. The second-order valence-electron chi connectivity index (χ2n) is 2.63. The average molecular weight is 231 g/mol. The fourth-order valence-corrected chi connectivity index (χ4v) is 2.69. The minimum atomic E-state index is 0.0598. The molecule has 0 radical (unpaired) electrons. The van der Waals surface area contributed by atoms with Crippen LogP contribution in [0, 0.1) is 0 Å². The molecule has 11 heavy (non-hydrogen) atoms. The molecule has 0 fully saturated rings. The molecule has 0 unspecified atom stereocenters. The van der Waals surface area contributed by atoms with E-state index in [1.54, 1.807) is 11.3 Å². The van der Waals surface area contributed by atoms with Crippen molar-refractivity contribution in [2.24, 2.45) is 0 Å². The van der Waals surface area contributed by atoms with Crippen LogP contribution >= 0.6 is 27.3 Å². The van der Waals surface area contributed by atoms with Crippen LogP contribution in [0.15, 0.2) is 11.4 Å². The van der Waals surface area contributed by atoms with Gasteiger partial charge in [-0.25, -0.2) is 0 Å². The lowest BCUT2D eigenvalue weighted by Gasteiger charge is -2.14. The lowest BCUT2D eigenvalue weighted by Crippen LogP contribution is -2.20. The molecule has 1 heterocycles. The summed E-state index contributed by atoms with van der Waals surface area (Å²) in [5.41, 5.74) is 0.933. The van der Waals surface area contributed by atoms with Crippen LogP contribution in [-0.2, 0) is 6.42 Å². The Morgan fingerprint density at radius 1 is 1.64 bits per heavy atom. The molecule has 0 saturated heterocycles. The fourth-order valence-electron chi connectivity index (χ4n) is 1.31. The topological polar surface area (TPSA) is 17.1 Å². The molecular weight excluding hydrogens is 224 g/mol. The molecule has 0 aromatic carbocycles. The highest BCUT2D eigenvalue weighted by Gasteiger charge is 2.25. The molecule has 3 heteroatoms. The summed E-state index contributed by atoms with van der Waals surface area (Å²) in [6.07, 6.45) is 2.00. The van der Waals surface area contributed by atoms with Crippen molar-refractivity contribution in [1.29, 1.82) is 0 Å². The lowest BCUT2D eigenvalue weighted by atomic mass is 9.98. The number of halogens is 1. The summed E-state index contributed by atoms with van der Waals surface area (Å²) < 4.78 is 0. The monoisotopic (exact) mass is 230 g/mol. The number of hydrogen-bond acceptors (Lipinski definition) is 2. The number of thiophene rings is 1. The Morgan fingerprint density at radius 2 is 2.45 bits per heavy atom. The van der Waals surface area contributed by atoms with Crippen molar-refractivity contribution in [3.63, 3.8) is 0 Å². The van der Waals surface area contributed by atoms with Crippen LogP contribution in [0.4, 0.5) is 0 Å². The van der Waals surface area contributed by atoms with E-state index in [0.29, 0.717) is 0 Å². The van der Waals surface area contributed by atoms with Crippen molar-refractivity contribution >= 4 is 33.0 Å². The predicted octanol–water partition coefficient (Wildman–Crippen LogP) is 2.64. The van der Waals surface area contributed by atoms with Crippen LogP contribution in [0.2, 0.25) is 0 Å². The Balaban J connectivity index is 2.46. The molecule has 1 aromatic rings. The van der Waals surface area contributed by atoms with E-state index in [4.69, 9.17) is 0 Å². The molecule has 1 aliphatic carbocycles. The number of alkyl halides is 1. The maximum absolute atomic E-state index is 11.4. The van der Waals surface area contributed by atoms with Crippen LogP contribution in [-0.4, -0.2) is 10.6 Å².